The van der Waals surface area contributed by atoms with Crippen LogP contribution in [-0.4, -0.2) is 88.5 Å². The average molecular weight is 796 g/mol. The van der Waals surface area contributed by atoms with E-state index in [4.69, 9.17) is 14.2 Å². The maximum atomic E-state index is 14.8. The number of carbonyl (C=O) groups is 2. The topological polar surface area (TPSA) is 141 Å². The van der Waals surface area contributed by atoms with Crippen molar-refractivity contribution in [2.45, 2.75) is 73.7 Å². The van der Waals surface area contributed by atoms with Gasteiger partial charge in [-0.15, -0.1) is 0 Å². The predicted molar refractivity (Wildman–Crippen MR) is 218 cm³/mol. The second kappa shape index (κ2) is 14.7. The Labute approximate surface area is 333 Å². The first kappa shape index (κ1) is 39.6. The van der Waals surface area contributed by atoms with Crippen molar-refractivity contribution in [3.63, 3.8) is 0 Å². The first-order chi connectivity index (χ1) is 26.6. The highest BCUT2D eigenvalue weighted by molar-refractivity contribution is 8.00. The Hall–Kier alpha value is -4.63. The molecular formula is C43H49N3O8SSi. The summed E-state index contributed by atoms with van der Waals surface area (Å²) in [4.78, 5) is 28.1. The van der Waals surface area contributed by atoms with E-state index in [9.17, 15) is 24.9 Å². The molecule has 0 spiro atoms. The van der Waals surface area contributed by atoms with Crippen molar-refractivity contribution < 1.29 is 39.1 Å². The number of hydrogen-bond acceptors (Lipinski definition) is 9. The van der Waals surface area contributed by atoms with E-state index in [1.165, 1.54) is 11.9 Å². The van der Waals surface area contributed by atoms with E-state index >= 15 is 0 Å². The monoisotopic (exact) mass is 795 g/mol. The Kier molecular flexibility index (Phi) is 10.4. The molecular weight excluding hydrogens is 747 g/mol. The molecule has 3 aliphatic rings. The first-order valence-corrected chi connectivity index (χ1v) is 22.3. The summed E-state index contributed by atoms with van der Waals surface area (Å²) in [6.45, 7) is 10.3. The first-order valence-electron chi connectivity index (χ1n) is 18.6. The summed E-state index contributed by atoms with van der Waals surface area (Å²) >= 11 is 1.29. The number of fused-ring (bicyclic) bond motifs is 2. The lowest BCUT2D eigenvalue weighted by Crippen LogP contribution is -2.71. The molecule has 0 radical (unpaired) electrons. The lowest BCUT2D eigenvalue weighted by atomic mass is 9.63. The Morgan fingerprint density at radius 3 is 1.86 bits per heavy atom. The fourth-order valence-corrected chi connectivity index (χ4v) is 12.2. The molecule has 13 heteroatoms. The van der Waals surface area contributed by atoms with Gasteiger partial charge in [-0.3, -0.25) is 4.79 Å². The maximum absolute atomic E-state index is 14.8. The summed E-state index contributed by atoms with van der Waals surface area (Å²) in [6.07, 6.45) is -2.41. The van der Waals surface area contributed by atoms with Gasteiger partial charge in [0.2, 0.25) is 4.99 Å². The number of nitrogens with one attached hydrogen (secondary N) is 1. The molecule has 2 saturated heterocycles. The number of urea groups is 1. The summed E-state index contributed by atoms with van der Waals surface area (Å²) in [5, 5.41) is 33.8. The number of carbonyl (C=O) groups excluding carboxylic acids is 2. The van der Waals surface area contributed by atoms with Crippen LogP contribution >= 0.6 is 11.9 Å². The molecule has 3 aliphatic heterocycles. The van der Waals surface area contributed by atoms with Gasteiger partial charge in [0, 0.05) is 29.3 Å². The molecule has 0 aliphatic carbocycles. The van der Waals surface area contributed by atoms with Crippen molar-refractivity contribution >= 4 is 32.1 Å². The second-order valence-corrected chi connectivity index (χ2v) is 22.2. The van der Waals surface area contributed by atoms with Crippen LogP contribution < -0.4 is 14.8 Å². The molecule has 4 aromatic carbocycles. The zero-order valence-corrected chi connectivity index (χ0v) is 34.4. The second-order valence-electron chi connectivity index (χ2n) is 15.9. The van der Waals surface area contributed by atoms with Crippen LogP contribution in [0.3, 0.4) is 0 Å². The van der Waals surface area contributed by atoms with E-state index in [-0.39, 0.29) is 11.1 Å². The summed E-state index contributed by atoms with van der Waals surface area (Å²) in [6, 6.07) is 32.4. The molecule has 2 fully saturated rings. The summed E-state index contributed by atoms with van der Waals surface area (Å²) in [7, 11) is 0.461. The lowest BCUT2D eigenvalue weighted by Gasteiger charge is -2.54. The van der Waals surface area contributed by atoms with Crippen molar-refractivity contribution in [2.24, 2.45) is 0 Å². The van der Waals surface area contributed by atoms with Crippen LogP contribution in [0.25, 0.3) is 0 Å². The smallest absolute Gasteiger partial charge is 0.329 e. The third-order valence-electron chi connectivity index (χ3n) is 11.9. The maximum Gasteiger partial charge on any atom is 0.329 e. The molecule has 56 heavy (non-hydrogen) atoms. The molecule has 4 aromatic rings. The minimum atomic E-state index is -2.80. The minimum absolute atomic E-state index is 0.197. The number of nitrogens with zero attached hydrogens (tertiary/aromatic N) is 2. The van der Waals surface area contributed by atoms with E-state index in [0.717, 1.165) is 22.3 Å². The predicted octanol–water partition coefficient (Wildman–Crippen LogP) is 6.56. The highest BCUT2D eigenvalue weighted by atomic mass is 32.2. The van der Waals surface area contributed by atoms with Gasteiger partial charge >= 0.3 is 6.03 Å². The van der Waals surface area contributed by atoms with Gasteiger partial charge in [0.25, 0.3) is 5.91 Å². The average Bonchev–Trinajstić information content (AvgIpc) is 3.81. The number of aliphatic hydroxyl groups is 3. The van der Waals surface area contributed by atoms with E-state index in [1.54, 1.807) is 42.8 Å². The number of methoxy groups -OCH3 is 2. The van der Waals surface area contributed by atoms with Gasteiger partial charge in [-0.2, -0.15) is 0 Å². The molecule has 11 nitrogen and oxygen atoms in total. The molecule has 7 rings (SSSR count). The van der Waals surface area contributed by atoms with Crippen LogP contribution in [0.15, 0.2) is 115 Å². The van der Waals surface area contributed by atoms with Gasteiger partial charge < -0.3 is 39.4 Å². The van der Waals surface area contributed by atoms with Gasteiger partial charge in [0.15, 0.2) is 8.24 Å². The van der Waals surface area contributed by atoms with E-state index in [2.05, 4.69) is 51.3 Å². The highest BCUT2D eigenvalue weighted by Gasteiger charge is 2.69. The molecule has 5 atom stereocenters. The Morgan fingerprint density at radius 1 is 0.839 bits per heavy atom. The summed E-state index contributed by atoms with van der Waals surface area (Å²) < 4.78 is 20.6. The van der Waals surface area contributed by atoms with Crippen molar-refractivity contribution in [3.8, 4) is 11.5 Å². The van der Waals surface area contributed by atoms with Gasteiger partial charge in [-0.25, -0.2) is 9.10 Å². The number of hydrogen-bond donors (Lipinski definition) is 4. The SMILES string of the molecule is COc1ccc(C(C2=CN3SC2(NC(=O)c2ccc(C4O[C@H](CO)[C@@H](O)[C@H]4O)cc2)N([Si](C)(C)C(C)(C)C)C3=O)(c2ccccc2)c2ccc(OC)cc2)cc1. The molecule has 294 valence electrons. The molecule has 4 N–H and O–H groups in total. The Morgan fingerprint density at radius 2 is 1.38 bits per heavy atom. The number of ether oxygens (including phenoxy) is 3. The summed E-state index contributed by atoms with van der Waals surface area (Å²) in [5.41, 5.74) is 3.31. The third-order valence-corrected chi connectivity index (χ3v) is 18.6. The zero-order chi connectivity index (χ0) is 40.2. The van der Waals surface area contributed by atoms with Gasteiger partial charge in [-0.1, -0.05) is 101 Å². The van der Waals surface area contributed by atoms with E-state index in [0.29, 0.717) is 22.6 Å². The number of benzene rings is 4. The van der Waals surface area contributed by atoms with Crippen LogP contribution in [0.2, 0.25) is 18.1 Å². The number of amides is 3. The molecule has 3 heterocycles. The van der Waals surface area contributed by atoms with Crippen molar-refractivity contribution in [3.05, 3.63) is 143 Å². The standard InChI is InChI=1S/C43H49N3O8SSi/c1-41(2,3)56(6,7)46-40(51)45-25-35(43(46,55-45)44-39(50)28-15-13-27(14-16-28)38-37(49)36(48)34(26-47)54-38)42(29-11-9-8-10-12-29,30-17-21-32(52-4)22-18-30)31-19-23-33(53-5)24-20-31/h8-25,34,36-38,47-49H,26H2,1-7H3,(H,44,50)/t34-,36-,37-,38?,43?/m1/s1. The normalized spacial score (nSPS) is 23.7. The highest BCUT2D eigenvalue weighted by Crippen LogP contribution is 2.62. The number of aliphatic hydroxyl groups excluding tert-OH is 3. The van der Waals surface area contributed by atoms with Crippen LogP contribution in [0.4, 0.5) is 4.79 Å². The van der Waals surface area contributed by atoms with Gasteiger partial charge in [0.05, 0.1) is 26.2 Å². The molecule has 0 aromatic heterocycles. The van der Waals surface area contributed by atoms with Crippen molar-refractivity contribution in [1.82, 2.24) is 14.2 Å². The number of rotatable bonds is 11. The van der Waals surface area contributed by atoms with Crippen LogP contribution in [0.5, 0.6) is 11.5 Å². The zero-order valence-electron chi connectivity index (χ0n) is 32.6. The van der Waals surface area contributed by atoms with Crippen molar-refractivity contribution in [1.29, 1.82) is 0 Å². The van der Waals surface area contributed by atoms with E-state index < -0.39 is 55.6 Å². The minimum Gasteiger partial charge on any atom is -0.497 e. The quantitative estimate of drug-likeness (QED) is 0.0755. The molecule has 3 amide bonds. The van der Waals surface area contributed by atoms with E-state index in [1.807, 2.05) is 77.5 Å². The lowest BCUT2D eigenvalue weighted by molar-refractivity contribution is -0.0227. The fourth-order valence-electron chi connectivity index (χ4n) is 7.94. The van der Waals surface area contributed by atoms with Gasteiger partial charge in [0.1, 0.15) is 35.9 Å². The Bertz CT molecular complexity index is 2060. The molecule has 2 bridgehead atoms. The van der Waals surface area contributed by atoms with Crippen LogP contribution in [-0.2, 0) is 10.2 Å². The summed E-state index contributed by atoms with van der Waals surface area (Å²) in [5.74, 6) is 0.960. The fraction of sp³-hybridized carbons (Fsp3) is 0.349. The third kappa shape index (κ3) is 6.21. The Balaban J connectivity index is 1.44. The molecule has 2 unspecified atom stereocenters. The largest absolute Gasteiger partial charge is 0.497 e. The van der Waals surface area contributed by atoms with Crippen LogP contribution in [0, 0.1) is 0 Å². The van der Waals surface area contributed by atoms with Crippen LogP contribution in [0.1, 0.15) is 59.5 Å². The molecule has 0 saturated carbocycles. The van der Waals surface area contributed by atoms with Crippen molar-refractivity contribution in [2.75, 3.05) is 20.8 Å². The van der Waals surface area contributed by atoms with Gasteiger partial charge in [-0.05, 0) is 63.7 Å².